The van der Waals surface area contributed by atoms with E-state index in [-0.39, 0.29) is 0 Å². The first kappa shape index (κ1) is 18.2. The van der Waals surface area contributed by atoms with Gasteiger partial charge in [-0.05, 0) is 49.3 Å². The largest absolute Gasteiger partial charge is 0.381 e. The van der Waals surface area contributed by atoms with Crippen molar-refractivity contribution in [1.82, 2.24) is 5.32 Å². The second kappa shape index (κ2) is 9.97. The number of hydrogen-bond acceptors (Lipinski definition) is 2. The van der Waals surface area contributed by atoms with Gasteiger partial charge in [-0.1, -0.05) is 52.0 Å². The van der Waals surface area contributed by atoms with Gasteiger partial charge >= 0.3 is 0 Å². The molecule has 1 N–H and O–H groups in total. The van der Waals surface area contributed by atoms with Crippen molar-refractivity contribution in [2.24, 2.45) is 11.8 Å². The lowest BCUT2D eigenvalue weighted by Gasteiger charge is -2.20. The average molecular weight is 291 g/mol. The third kappa shape index (κ3) is 8.23. The molecule has 0 aliphatic rings. The fourth-order valence-corrected chi connectivity index (χ4v) is 2.40. The Hall–Kier alpha value is -0.860. The number of benzene rings is 1. The van der Waals surface area contributed by atoms with Crippen LogP contribution in [-0.2, 0) is 11.2 Å². The Balaban J connectivity index is 2.49. The van der Waals surface area contributed by atoms with Crippen molar-refractivity contribution in [2.45, 2.75) is 53.5 Å². The van der Waals surface area contributed by atoms with E-state index in [1.165, 1.54) is 11.1 Å². The molecule has 120 valence electrons. The van der Waals surface area contributed by atoms with Crippen molar-refractivity contribution in [3.8, 4) is 0 Å². The normalized spacial score (nSPS) is 13.1. The van der Waals surface area contributed by atoms with Crippen molar-refractivity contribution >= 4 is 0 Å². The molecule has 1 rings (SSSR count). The lowest BCUT2D eigenvalue weighted by molar-refractivity contribution is 0.0973. The van der Waals surface area contributed by atoms with Gasteiger partial charge < -0.3 is 10.1 Å². The van der Waals surface area contributed by atoms with Gasteiger partial charge in [0.2, 0.25) is 0 Å². The molecule has 0 aromatic heterocycles. The highest BCUT2D eigenvalue weighted by Crippen LogP contribution is 2.16. The summed E-state index contributed by atoms with van der Waals surface area (Å²) in [6.07, 6.45) is 2.26. The predicted octanol–water partition coefficient (Wildman–Crippen LogP) is 4.21. The lowest BCUT2D eigenvalue weighted by Crippen LogP contribution is -2.30. The van der Waals surface area contributed by atoms with Crippen molar-refractivity contribution in [1.29, 1.82) is 0 Å². The minimum Gasteiger partial charge on any atom is -0.381 e. The molecule has 0 radical (unpaired) electrons. The monoisotopic (exact) mass is 291 g/mol. The van der Waals surface area contributed by atoms with Crippen LogP contribution in [0.25, 0.3) is 0 Å². The topological polar surface area (TPSA) is 21.3 Å². The second-order valence-corrected chi connectivity index (χ2v) is 6.82. The maximum Gasteiger partial charge on any atom is 0.0488 e. The number of ether oxygens (including phenoxy) is 1. The highest BCUT2D eigenvalue weighted by molar-refractivity contribution is 5.25. The molecule has 0 heterocycles. The number of hydrogen-bond donors (Lipinski definition) is 1. The third-order valence-corrected chi connectivity index (χ3v) is 3.71. The molecule has 1 aromatic carbocycles. The maximum absolute atomic E-state index is 5.77. The van der Waals surface area contributed by atoms with Gasteiger partial charge in [0, 0.05) is 19.3 Å². The Morgan fingerprint density at radius 3 is 2.43 bits per heavy atom. The molecular formula is C19H33NO. The summed E-state index contributed by atoms with van der Waals surface area (Å²) < 4.78 is 5.77. The van der Waals surface area contributed by atoms with Gasteiger partial charge in [-0.3, -0.25) is 0 Å². The summed E-state index contributed by atoms with van der Waals surface area (Å²) >= 11 is 0. The van der Waals surface area contributed by atoms with Crippen LogP contribution >= 0.6 is 0 Å². The minimum absolute atomic E-state index is 0.543. The van der Waals surface area contributed by atoms with Crippen LogP contribution in [0, 0.1) is 18.8 Å². The Morgan fingerprint density at radius 2 is 1.81 bits per heavy atom. The first-order valence-corrected chi connectivity index (χ1v) is 8.34. The molecule has 0 aliphatic carbocycles. The van der Waals surface area contributed by atoms with Gasteiger partial charge in [0.15, 0.2) is 0 Å². The van der Waals surface area contributed by atoms with E-state index in [4.69, 9.17) is 4.74 Å². The van der Waals surface area contributed by atoms with Crippen LogP contribution in [0.2, 0.25) is 0 Å². The molecule has 0 aliphatic heterocycles. The van der Waals surface area contributed by atoms with Crippen molar-refractivity contribution in [3.05, 3.63) is 35.4 Å². The lowest BCUT2D eigenvalue weighted by atomic mass is 9.93. The molecule has 2 nitrogen and oxygen atoms in total. The zero-order valence-electron chi connectivity index (χ0n) is 14.5. The summed E-state index contributed by atoms with van der Waals surface area (Å²) in [6.45, 7) is 13.8. The van der Waals surface area contributed by atoms with Crippen molar-refractivity contribution in [3.63, 3.8) is 0 Å². The smallest absolute Gasteiger partial charge is 0.0488 e. The maximum atomic E-state index is 5.77. The molecular weight excluding hydrogens is 258 g/mol. The molecule has 0 amide bonds. The number of rotatable bonds is 10. The molecule has 0 fully saturated rings. The van der Waals surface area contributed by atoms with Crippen molar-refractivity contribution < 1.29 is 4.74 Å². The first-order chi connectivity index (χ1) is 9.99. The van der Waals surface area contributed by atoms with E-state index in [0.717, 1.165) is 32.6 Å². The van der Waals surface area contributed by atoms with Gasteiger partial charge in [-0.2, -0.15) is 0 Å². The minimum atomic E-state index is 0.543. The molecule has 1 atom stereocenters. The Bertz CT molecular complexity index is 387. The molecule has 21 heavy (non-hydrogen) atoms. The van der Waals surface area contributed by atoms with Crippen LogP contribution in [0.5, 0.6) is 0 Å². The van der Waals surface area contributed by atoms with Gasteiger partial charge in [-0.15, -0.1) is 0 Å². The fraction of sp³-hybridized carbons (Fsp3) is 0.684. The third-order valence-electron chi connectivity index (χ3n) is 3.71. The van der Waals surface area contributed by atoms with Crippen LogP contribution in [0.3, 0.4) is 0 Å². The zero-order chi connectivity index (χ0) is 15.7. The van der Waals surface area contributed by atoms with E-state index in [9.17, 15) is 0 Å². The molecule has 0 saturated carbocycles. The summed E-state index contributed by atoms with van der Waals surface area (Å²) in [5.74, 6) is 1.26. The zero-order valence-corrected chi connectivity index (χ0v) is 14.5. The summed E-state index contributed by atoms with van der Waals surface area (Å²) in [7, 11) is 0. The summed E-state index contributed by atoms with van der Waals surface area (Å²) in [5, 5.41) is 3.58. The van der Waals surface area contributed by atoms with Crippen LogP contribution < -0.4 is 5.32 Å². The van der Waals surface area contributed by atoms with Gasteiger partial charge in [0.05, 0.1) is 0 Å². The van der Waals surface area contributed by atoms with E-state index in [1.807, 2.05) is 0 Å². The van der Waals surface area contributed by atoms with E-state index in [1.54, 1.807) is 0 Å². The first-order valence-electron chi connectivity index (χ1n) is 8.34. The Labute approximate surface area is 131 Å². The number of aryl methyl sites for hydroxylation is 1. The van der Waals surface area contributed by atoms with Gasteiger partial charge in [-0.25, -0.2) is 0 Å². The molecule has 0 spiro atoms. The van der Waals surface area contributed by atoms with Crippen LogP contribution in [0.15, 0.2) is 24.3 Å². The van der Waals surface area contributed by atoms with Crippen LogP contribution in [-0.4, -0.2) is 25.8 Å². The summed E-state index contributed by atoms with van der Waals surface area (Å²) in [5.41, 5.74) is 2.87. The van der Waals surface area contributed by atoms with Crippen LogP contribution in [0.4, 0.5) is 0 Å². The fourth-order valence-electron chi connectivity index (χ4n) is 2.40. The summed E-state index contributed by atoms with van der Waals surface area (Å²) in [4.78, 5) is 0. The van der Waals surface area contributed by atoms with E-state index in [2.05, 4.69) is 64.2 Å². The Morgan fingerprint density at radius 1 is 1.10 bits per heavy atom. The predicted molar refractivity (Wildman–Crippen MR) is 91.8 cm³/mol. The van der Waals surface area contributed by atoms with E-state index >= 15 is 0 Å². The quantitative estimate of drug-likeness (QED) is 0.652. The molecule has 2 heteroatoms. The standard InChI is InChI=1S/C19H33NO/c1-15(2)14-21-11-10-18(13-20-16(3)4)12-19-9-7-6-8-17(19)5/h6-9,15-16,18,20H,10-14H2,1-5H3. The SMILES string of the molecule is Cc1ccccc1CC(CCOCC(C)C)CNC(C)C. The molecule has 1 aromatic rings. The second-order valence-electron chi connectivity index (χ2n) is 6.82. The van der Waals surface area contributed by atoms with E-state index < -0.39 is 0 Å². The highest BCUT2D eigenvalue weighted by atomic mass is 16.5. The van der Waals surface area contributed by atoms with Crippen molar-refractivity contribution in [2.75, 3.05) is 19.8 Å². The van der Waals surface area contributed by atoms with Gasteiger partial charge in [0.25, 0.3) is 0 Å². The number of nitrogens with one attached hydrogen (secondary N) is 1. The summed E-state index contributed by atoms with van der Waals surface area (Å²) in [6, 6.07) is 9.27. The van der Waals surface area contributed by atoms with E-state index in [0.29, 0.717) is 17.9 Å². The van der Waals surface area contributed by atoms with Crippen LogP contribution in [0.1, 0.15) is 45.2 Å². The molecule has 0 bridgehead atoms. The molecule has 0 saturated heterocycles. The molecule has 1 unspecified atom stereocenters. The Kier molecular flexibility index (Phi) is 8.63. The highest BCUT2D eigenvalue weighted by Gasteiger charge is 2.12. The van der Waals surface area contributed by atoms with Gasteiger partial charge in [0.1, 0.15) is 0 Å². The average Bonchev–Trinajstić information content (AvgIpc) is 2.42.